The predicted octanol–water partition coefficient (Wildman–Crippen LogP) is 1.45. The third kappa shape index (κ3) is 2.36. The molecule has 20 heavy (non-hydrogen) atoms. The molecule has 0 bridgehead atoms. The zero-order valence-electron chi connectivity index (χ0n) is 11.8. The van der Waals surface area contributed by atoms with Gasteiger partial charge in [0.1, 0.15) is 0 Å². The van der Waals surface area contributed by atoms with Crippen molar-refractivity contribution >= 4 is 11.8 Å². The smallest absolute Gasteiger partial charge is 0.246 e. The van der Waals surface area contributed by atoms with Crippen molar-refractivity contribution in [3.05, 3.63) is 35.4 Å². The molecule has 2 unspecified atom stereocenters. The Morgan fingerprint density at radius 2 is 2.10 bits per heavy atom. The van der Waals surface area contributed by atoms with E-state index in [0.29, 0.717) is 12.3 Å². The Labute approximate surface area is 119 Å². The van der Waals surface area contributed by atoms with E-state index in [9.17, 15) is 9.59 Å². The van der Waals surface area contributed by atoms with E-state index < -0.39 is 0 Å². The van der Waals surface area contributed by atoms with Crippen LogP contribution in [0.3, 0.4) is 0 Å². The molecule has 1 saturated heterocycles. The summed E-state index contributed by atoms with van der Waals surface area (Å²) in [6.45, 7) is 0.772. The Bertz CT molecular complexity index is 541. The number of carbonyl (C=O) groups is 2. The molecule has 1 heterocycles. The van der Waals surface area contributed by atoms with Gasteiger partial charge in [-0.3, -0.25) is 14.5 Å². The molecule has 4 heteroatoms. The van der Waals surface area contributed by atoms with E-state index in [1.807, 2.05) is 0 Å². The minimum Gasteiger partial charge on any atom is -0.305 e. The van der Waals surface area contributed by atoms with Gasteiger partial charge in [-0.15, -0.1) is 0 Å². The Morgan fingerprint density at radius 3 is 2.85 bits per heavy atom. The monoisotopic (exact) mass is 272 g/mol. The number of hydrogen-bond acceptors (Lipinski definition) is 3. The molecule has 2 aliphatic rings. The molecule has 3 rings (SSSR count). The number of likely N-dealkylation sites (tertiary alicyclic amines) is 1. The number of nitrogens with zero attached hydrogens (tertiary/aromatic N) is 1. The molecule has 1 N–H and O–H groups in total. The molecule has 2 atom stereocenters. The van der Waals surface area contributed by atoms with Gasteiger partial charge < -0.3 is 5.32 Å². The molecule has 0 saturated carbocycles. The maximum Gasteiger partial charge on any atom is 0.246 e. The number of fused-ring (bicyclic) bond motifs is 1. The van der Waals surface area contributed by atoms with Crippen LogP contribution in [0.2, 0.25) is 0 Å². The van der Waals surface area contributed by atoms with Crippen molar-refractivity contribution in [1.29, 1.82) is 0 Å². The number of carbonyl (C=O) groups excluding carboxylic acids is 2. The molecular weight excluding hydrogens is 252 g/mol. The van der Waals surface area contributed by atoms with Gasteiger partial charge in [0, 0.05) is 13.6 Å². The van der Waals surface area contributed by atoms with Crippen LogP contribution in [-0.2, 0) is 16.0 Å². The maximum atomic E-state index is 11.9. The number of rotatable bonds is 3. The van der Waals surface area contributed by atoms with E-state index in [0.717, 1.165) is 19.4 Å². The lowest BCUT2D eigenvalue weighted by atomic mass is 9.83. The molecule has 0 radical (unpaired) electrons. The SMILES string of the molecule is CN1C(=O)CC(NCC2CCCc3ccccc32)C1=O. The number of benzene rings is 1. The van der Waals surface area contributed by atoms with E-state index in [2.05, 4.69) is 29.6 Å². The van der Waals surface area contributed by atoms with Crippen LogP contribution in [0.4, 0.5) is 0 Å². The van der Waals surface area contributed by atoms with Crippen molar-refractivity contribution in [3.63, 3.8) is 0 Å². The van der Waals surface area contributed by atoms with Gasteiger partial charge in [-0.05, 0) is 36.3 Å². The first kappa shape index (κ1) is 13.3. The van der Waals surface area contributed by atoms with Crippen LogP contribution >= 0.6 is 0 Å². The maximum absolute atomic E-state index is 11.9. The summed E-state index contributed by atoms with van der Waals surface area (Å²) >= 11 is 0. The van der Waals surface area contributed by atoms with Gasteiger partial charge in [0.2, 0.25) is 11.8 Å². The van der Waals surface area contributed by atoms with E-state index in [4.69, 9.17) is 0 Å². The second kappa shape index (κ2) is 5.37. The quantitative estimate of drug-likeness (QED) is 0.847. The standard InChI is InChI=1S/C16H20N2O2/c1-18-15(19)9-14(16(18)20)17-10-12-7-4-6-11-5-2-3-8-13(11)12/h2-3,5,8,12,14,17H,4,6-7,9-10H2,1H3. The van der Waals surface area contributed by atoms with Crippen LogP contribution in [0.5, 0.6) is 0 Å². The van der Waals surface area contributed by atoms with Crippen molar-refractivity contribution in [2.45, 2.75) is 37.6 Å². The molecule has 1 fully saturated rings. The van der Waals surface area contributed by atoms with Crippen molar-refractivity contribution in [2.75, 3.05) is 13.6 Å². The van der Waals surface area contributed by atoms with Crippen molar-refractivity contribution in [2.24, 2.45) is 0 Å². The highest BCUT2D eigenvalue weighted by Crippen LogP contribution is 2.31. The molecule has 0 aromatic heterocycles. The normalized spacial score (nSPS) is 25.9. The van der Waals surface area contributed by atoms with Crippen molar-refractivity contribution in [1.82, 2.24) is 10.2 Å². The number of likely N-dealkylation sites (N-methyl/N-ethyl adjacent to an activating group) is 1. The summed E-state index contributed by atoms with van der Waals surface area (Å²) in [5, 5.41) is 3.29. The van der Waals surface area contributed by atoms with Crippen LogP contribution in [0, 0.1) is 0 Å². The zero-order valence-corrected chi connectivity index (χ0v) is 11.8. The van der Waals surface area contributed by atoms with Crippen LogP contribution < -0.4 is 5.32 Å². The minimum absolute atomic E-state index is 0.0865. The third-order valence-electron chi connectivity index (χ3n) is 4.49. The van der Waals surface area contributed by atoms with Gasteiger partial charge in [-0.25, -0.2) is 0 Å². The first-order valence-corrected chi connectivity index (χ1v) is 7.28. The van der Waals surface area contributed by atoms with Gasteiger partial charge in [0.25, 0.3) is 0 Å². The van der Waals surface area contributed by atoms with Gasteiger partial charge in [0.05, 0.1) is 12.5 Å². The topological polar surface area (TPSA) is 49.4 Å². The summed E-state index contributed by atoms with van der Waals surface area (Å²) in [6.07, 6.45) is 3.79. The second-order valence-corrected chi connectivity index (χ2v) is 5.74. The molecule has 1 aliphatic carbocycles. The van der Waals surface area contributed by atoms with Crippen LogP contribution in [0.15, 0.2) is 24.3 Å². The summed E-state index contributed by atoms with van der Waals surface area (Å²) in [6, 6.07) is 8.22. The van der Waals surface area contributed by atoms with Gasteiger partial charge in [-0.2, -0.15) is 0 Å². The van der Waals surface area contributed by atoms with Gasteiger partial charge >= 0.3 is 0 Å². The lowest BCUT2D eigenvalue weighted by Crippen LogP contribution is -2.39. The fraction of sp³-hybridized carbons (Fsp3) is 0.500. The first-order valence-electron chi connectivity index (χ1n) is 7.28. The summed E-state index contributed by atoms with van der Waals surface area (Å²) in [4.78, 5) is 24.6. The predicted molar refractivity (Wildman–Crippen MR) is 76.3 cm³/mol. The summed E-state index contributed by atoms with van der Waals surface area (Å²) in [5.41, 5.74) is 2.83. The number of nitrogens with one attached hydrogen (secondary N) is 1. The number of amides is 2. The van der Waals surface area contributed by atoms with Crippen LogP contribution in [0.1, 0.15) is 36.3 Å². The molecule has 2 amide bonds. The largest absolute Gasteiger partial charge is 0.305 e. The van der Waals surface area contributed by atoms with E-state index in [1.165, 1.54) is 22.4 Å². The molecule has 1 aliphatic heterocycles. The second-order valence-electron chi connectivity index (χ2n) is 5.74. The molecule has 1 aromatic rings. The summed E-state index contributed by atoms with van der Waals surface area (Å²) < 4.78 is 0. The molecular formula is C16H20N2O2. The molecule has 1 aromatic carbocycles. The van der Waals surface area contributed by atoms with Crippen LogP contribution in [-0.4, -0.2) is 36.3 Å². The fourth-order valence-corrected chi connectivity index (χ4v) is 3.27. The van der Waals surface area contributed by atoms with Gasteiger partial charge in [-0.1, -0.05) is 24.3 Å². The van der Waals surface area contributed by atoms with E-state index in [-0.39, 0.29) is 17.9 Å². The van der Waals surface area contributed by atoms with E-state index in [1.54, 1.807) is 7.05 Å². The Kier molecular flexibility index (Phi) is 3.57. The summed E-state index contributed by atoms with van der Waals surface area (Å²) in [7, 11) is 1.56. The summed E-state index contributed by atoms with van der Waals surface area (Å²) in [5.74, 6) is 0.268. The number of aryl methyl sites for hydroxylation is 1. The van der Waals surface area contributed by atoms with Crippen LogP contribution in [0.25, 0.3) is 0 Å². The Hall–Kier alpha value is -1.68. The van der Waals surface area contributed by atoms with Gasteiger partial charge in [0.15, 0.2) is 0 Å². The number of imide groups is 1. The Balaban J connectivity index is 1.66. The first-order chi connectivity index (χ1) is 9.66. The fourth-order valence-electron chi connectivity index (χ4n) is 3.27. The molecule has 4 nitrogen and oxygen atoms in total. The van der Waals surface area contributed by atoms with Crippen molar-refractivity contribution in [3.8, 4) is 0 Å². The van der Waals surface area contributed by atoms with E-state index >= 15 is 0 Å². The minimum atomic E-state index is -0.332. The average Bonchev–Trinajstić information content (AvgIpc) is 2.72. The highest BCUT2D eigenvalue weighted by atomic mass is 16.2. The lowest BCUT2D eigenvalue weighted by Gasteiger charge is -2.26. The zero-order chi connectivity index (χ0) is 14.1. The molecule has 0 spiro atoms. The highest BCUT2D eigenvalue weighted by molar-refractivity contribution is 6.05. The average molecular weight is 272 g/mol. The van der Waals surface area contributed by atoms with Crippen molar-refractivity contribution < 1.29 is 9.59 Å². The highest BCUT2D eigenvalue weighted by Gasteiger charge is 2.36. The number of hydrogen-bond donors (Lipinski definition) is 1. The third-order valence-corrected chi connectivity index (χ3v) is 4.49. The Morgan fingerprint density at radius 1 is 1.30 bits per heavy atom. The molecule has 106 valence electrons. The lowest BCUT2D eigenvalue weighted by molar-refractivity contribution is -0.137.